The first kappa shape index (κ1) is 14.2. The second-order valence-corrected chi connectivity index (χ2v) is 4.57. The smallest absolute Gasteiger partial charge is 0.138 e. The monoisotopic (exact) mass is 256 g/mol. The molecule has 17 heavy (non-hydrogen) atoms. The molecule has 0 aliphatic rings. The summed E-state index contributed by atoms with van der Waals surface area (Å²) in [7, 11) is 0. The Kier molecular flexibility index (Phi) is 5.69. The van der Waals surface area contributed by atoms with E-state index in [9.17, 15) is 4.79 Å². The van der Waals surface area contributed by atoms with E-state index in [-0.39, 0.29) is 5.78 Å². The molecule has 0 aromatic carbocycles. The van der Waals surface area contributed by atoms with Crippen LogP contribution in [0.2, 0.25) is 5.02 Å². The van der Waals surface area contributed by atoms with Crippen molar-refractivity contribution in [2.24, 2.45) is 0 Å². The number of halogens is 1. The van der Waals surface area contributed by atoms with E-state index in [1.54, 1.807) is 0 Å². The van der Waals surface area contributed by atoms with Gasteiger partial charge in [0, 0.05) is 19.4 Å². The molecule has 0 atom stereocenters. The van der Waals surface area contributed by atoms with Gasteiger partial charge in [-0.2, -0.15) is 5.10 Å². The van der Waals surface area contributed by atoms with Crippen molar-refractivity contribution >= 4 is 17.4 Å². The Bertz CT molecular complexity index is 385. The molecule has 0 unspecified atom stereocenters. The van der Waals surface area contributed by atoms with Crippen molar-refractivity contribution < 1.29 is 4.79 Å². The van der Waals surface area contributed by atoms with Crippen LogP contribution < -0.4 is 0 Å². The zero-order chi connectivity index (χ0) is 12.8. The molecule has 0 spiro atoms. The van der Waals surface area contributed by atoms with Gasteiger partial charge in [0.2, 0.25) is 0 Å². The molecule has 0 saturated carbocycles. The third kappa shape index (κ3) is 3.56. The second kappa shape index (κ2) is 6.80. The molecule has 0 amide bonds. The highest BCUT2D eigenvalue weighted by Gasteiger charge is 2.16. The van der Waals surface area contributed by atoms with Gasteiger partial charge in [-0.25, -0.2) is 0 Å². The average Bonchev–Trinajstić information content (AvgIpc) is 2.63. The number of unbranched alkanes of at least 4 members (excludes halogenated alkanes) is 1. The first-order valence-electron chi connectivity index (χ1n) is 6.39. The van der Waals surface area contributed by atoms with E-state index in [0.29, 0.717) is 17.9 Å². The highest BCUT2D eigenvalue weighted by atomic mass is 35.5. The number of aryl methyl sites for hydroxylation is 2. The average molecular weight is 257 g/mol. The lowest BCUT2D eigenvalue weighted by Crippen LogP contribution is -2.09. The fourth-order valence-corrected chi connectivity index (χ4v) is 2.17. The summed E-state index contributed by atoms with van der Waals surface area (Å²) in [5.41, 5.74) is 1.78. The SMILES string of the molecule is CCCCC(=O)Cc1c(Cl)c(CC)nn1CC. The van der Waals surface area contributed by atoms with E-state index in [1.807, 2.05) is 18.5 Å². The van der Waals surface area contributed by atoms with Gasteiger partial charge < -0.3 is 0 Å². The zero-order valence-electron chi connectivity index (χ0n) is 10.9. The van der Waals surface area contributed by atoms with Crippen LogP contribution in [-0.2, 0) is 24.2 Å². The van der Waals surface area contributed by atoms with Crippen molar-refractivity contribution in [3.63, 3.8) is 0 Å². The van der Waals surface area contributed by atoms with E-state index < -0.39 is 0 Å². The number of aromatic nitrogens is 2. The van der Waals surface area contributed by atoms with Crippen LogP contribution in [-0.4, -0.2) is 15.6 Å². The molecular weight excluding hydrogens is 236 g/mol. The zero-order valence-corrected chi connectivity index (χ0v) is 11.7. The topological polar surface area (TPSA) is 34.9 Å². The van der Waals surface area contributed by atoms with Gasteiger partial charge in [-0.1, -0.05) is 31.9 Å². The maximum atomic E-state index is 11.8. The molecule has 4 heteroatoms. The summed E-state index contributed by atoms with van der Waals surface area (Å²) in [6.45, 7) is 6.89. The minimum Gasteiger partial charge on any atom is -0.299 e. The lowest BCUT2D eigenvalue weighted by atomic mass is 10.1. The first-order valence-corrected chi connectivity index (χ1v) is 6.77. The van der Waals surface area contributed by atoms with Crippen LogP contribution in [0.3, 0.4) is 0 Å². The summed E-state index contributed by atoms with van der Waals surface area (Å²) in [6.07, 6.45) is 3.87. The van der Waals surface area contributed by atoms with Gasteiger partial charge in [0.05, 0.1) is 16.4 Å². The lowest BCUT2D eigenvalue weighted by Gasteiger charge is -2.04. The first-order chi connectivity index (χ1) is 8.13. The van der Waals surface area contributed by atoms with Crippen molar-refractivity contribution in [1.29, 1.82) is 0 Å². The molecule has 0 radical (unpaired) electrons. The molecule has 1 heterocycles. The number of hydrogen-bond donors (Lipinski definition) is 0. The lowest BCUT2D eigenvalue weighted by molar-refractivity contribution is -0.118. The third-order valence-electron chi connectivity index (χ3n) is 2.87. The second-order valence-electron chi connectivity index (χ2n) is 4.20. The van der Waals surface area contributed by atoms with E-state index in [4.69, 9.17) is 11.6 Å². The van der Waals surface area contributed by atoms with Gasteiger partial charge in [0.1, 0.15) is 5.78 Å². The molecule has 1 rings (SSSR count). The van der Waals surface area contributed by atoms with Gasteiger partial charge >= 0.3 is 0 Å². The molecule has 0 aliphatic carbocycles. The molecule has 0 fully saturated rings. The molecule has 96 valence electrons. The normalized spacial score (nSPS) is 10.8. The molecule has 1 aromatic rings. The quantitative estimate of drug-likeness (QED) is 0.749. The van der Waals surface area contributed by atoms with Crippen LogP contribution in [0.1, 0.15) is 51.4 Å². The standard InChI is InChI=1S/C13H21ClN2O/c1-4-7-8-10(17)9-12-13(14)11(5-2)15-16(12)6-3/h4-9H2,1-3H3. The van der Waals surface area contributed by atoms with E-state index in [0.717, 1.165) is 37.2 Å². The van der Waals surface area contributed by atoms with Crippen LogP contribution in [0, 0.1) is 0 Å². The minimum atomic E-state index is 0.256. The molecule has 3 nitrogen and oxygen atoms in total. The molecular formula is C13H21ClN2O. The Morgan fingerprint density at radius 3 is 2.59 bits per heavy atom. The molecule has 0 aliphatic heterocycles. The highest BCUT2D eigenvalue weighted by Crippen LogP contribution is 2.22. The predicted octanol–water partition coefficient (Wildman–Crippen LogP) is 3.42. The third-order valence-corrected chi connectivity index (χ3v) is 3.30. The molecule has 0 bridgehead atoms. The minimum absolute atomic E-state index is 0.256. The fourth-order valence-electron chi connectivity index (χ4n) is 1.84. The summed E-state index contributed by atoms with van der Waals surface area (Å²) < 4.78 is 1.85. The summed E-state index contributed by atoms with van der Waals surface area (Å²) in [6, 6.07) is 0. The van der Waals surface area contributed by atoms with Gasteiger partial charge in [-0.05, 0) is 19.8 Å². The summed E-state index contributed by atoms with van der Waals surface area (Å²) in [5, 5.41) is 5.09. The number of Topliss-reactive ketones (excluding diaryl/α,β-unsaturated/α-hetero) is 1. The van der Waals surface area contributed by atoms with Crippen molar-refractivity contribution in [3.05, 3.63) is 16.4 Å². The van der Waals surface area contributed by atoms with Crippen LogP contribution >= 0.6 is 11.6 Å². The highest BCUT2D eigenvalue weighted by molar-refractivity contribution is 6.32. The number of rotatable bonds is 7. The maximum absolute atomic E-state index is 11.8. The van der Waals surface area contributed by atoms with Crippen LogP contribution in [0.5, 0.6) is 0 Å². The van der Waals surface area contributed by atoms with Crippen LogP contribution in [0.25, 0.3) is 0 Å². The number of nitrogens with zero attached hydrogens (tertiary/aromatic N) is 2. The van der Waals surface area contributed by atoms with Crippen LogP contribution in [0.4, 0.5) is 0 Å². The predicted molar refractivity (Wildman–Crippen MR) is 70.5 cm³/mol. The van der Waals surface area contributed by atoms with Crippen molar-refractivity contribution in [2.45, 2.75) is 59.4 Å². The van der Waals surface area contributed by atoms with Crippen molar-refractivity contribution in [3.8, 4) is 0 Å². The van der Waals surface area contributed by atoms with Gasteiger partial charge in [0.25, 0.3) is 0 Å². The Morgan fingerprint density at radius 2 is 2.06 bits per heavy atom. The van der Waals surface area contributed by atoms with Crippen molar-refractivity contribution in [2.75, 3.05) is 0 Å². The Balaban J connectivity index is 2.81. The number of hydrogen-bond acceptors (Lipinski definition) is 2. The molecule has 0 N–H and O–H groups in total. The van der Waals surface area contributed by atoms with Gasteiger partial charge in [-0.15, -0.1) is 0 Å². The Hall–Kier alpha value is -0.830. The van der Waals surface area contributed by atoms with E-state index >= 15 is 0 Å². The number of ketones is 1. The Labute approximate surface area is 108 Å². The fraction of sp³-hybridized carbons (Fsp3) is 0.692. The Morgan fingerprint density at radius 1 is 1.35 bits per heavy atom. The summed E-state index contributed by atoms with van der Waals surface area (Å²) in [4.78, 5) is 11.8. The van der Waals surface area contributed by atoms with Crippen LogP contribution in [0.15, 0.2) is 0 Å². The number of carbonyl (C=O) groups is 1. The molecule has 0 saturated heterocycles. The summed E-state index contributed by atoms with van der Waals surface area (Å²) >= 11 is 6.25. The maximum Gasteiger partial charge on any atom is 0.138 e. The van der Waals surface area contributed by atoms with Crippen molar-refractivity contribution in [1.82, 2.24) is 9.78 Å². The number of carbonyl (C=O) groups excluding carboxylic acids is 1. The van der Waals surface area contributed by atoms with Gasteiger partial charge in [-0.3, -0.25) is 9.48 Å². The van der Waals surface area contributed by atoms with E-state index in [1.165, 1.54) is 0 Å². The van der Waals surface area contributed by atoms with Gasteiger partial charge in [0.15, 0.2) is 0 Å². The largest absolute Gasteiger partial charge is 0.299 e. The van der Waals surface area contributed by atoms with E-state index in [2.05, 4.69) is 12.0 Å². The summed E-state index contributed by atoms with van der Waals surface area (Å²) in [5.74, 6) is 0.256. The molecule has 1 aromatic heterocycles.